The summed E-state index contributed by atoms with van der Waals surface area (Å²) in [5.41, 5.74) is 2.36. The lowest BCUT2D eigenvalue weighted by Crippen LogP contribution is -2.38. The van der Waals surface area contributed by atoms with Crippen molar-refractivity contribution in [1.29, 1.82) is 0 Å². The number of pyridine rings is 1. The Hall–Kier alpha value is -2.35. The van der Waals surface area contributed by atoms with Crippen LogP contribution in [0.25, 0.3) is 15.8 Å². The highest BCUT2D eigenvalue weighted by Crippen LogP contribution is 2.35. The van der Waals surface area contributed by atoms with Crippen LogP contribution >= 0.6 is 11.8 Å². The SMILES string of the molecule is C/C=C\S/C(=C\C)c1cc(OC(C)COC)c2cc(NC(=O)C3COC3)ccc2n1. The van der Waals surface area contributed by atoms with Gasteiger partial charge in [0.05, 0.1) is 36.9 Å². The summed E-state index contributed by atoms with van der Waals surface area (Å²) in [6.45, 7) is 7.37. The average molecular weight is 429 g/mol. The third kappa shape index (κ3) is 5.41. The molecule has 1 saturated heterocycles. The fourth-order valence-corrected chi connectivity index (χ4v) is 3.67. The van der Waals surface area contributed by atoms with Crippen LogP contribution < -0.4 is 10.1 Å². The zero-order chi connectivity index (χ0) is 21.5. The molecule has 1 unspecified atom stereocenters. The van der Waals surface area contributed by atoms with Crippen LogP contribution in [0.3, 0.4) is 0 Å². The van der Waals surface area contributed by atoms with E-state index in [1.807, 2.05) is 62.6 Å². The number of carbonyl (C=O) groups is 1. The van der Waals surface area contributed by atoms with Crippen molar-refractivity contribution in [2.24, 2.45) is 5.92 Å². The molecule has 7 heteroatoms. The van der Waals surface area contributed by atoms with Crippen LogP contribution in [0.2, 0.25) is 0 Å². The Morgan fingerprint density at radius 1 is 1.37 bits per heavy atom. The van der Waals surface area contributed by atoms with Crippen molar-refractivity contribution in [3.05, 3.63) is 47.5 Å². The number of nitrogens with one attached hydrogen (secondary N) is 1. The minimum Gasteiger partial charge on any atom is -0.488 e. The Morgan fingerprint density at radius 3 is 2.80 bits per heavy atom. The number of benzene rings is 1. The van der Waals surface area contributed by atoms with Gasteiger partial charge in [0.25, 0.3) is 0 Å². The first-order valence-corrected chi connectivity index (χ1v) is 10.9. The number of carbonyl (C=O) groups excluding carboxylic acids is 1. The van der Waals surface area contributed by atoms with Crippen molar-refractivity contribution in [3.8, 4) is 5.75 Å². The van der Waals surface area contributed by atoms with Gasteiger partial charge in [-0.2, -0.15) is 0 Å². The molecule has 1 N–H and O–H groups in total. The minimum absolute atomic E-state index is 0.0284. The van der Waals surface area contributed by atoms with Crippen molar-refractivity contribution in [2.45, 2.75) is 26.9 Å². The maximum absolute atomic E-state index is 12.3. The lowest BCUT2D eigenvalue weighted by Gasteiger charge is -2.24. The normalized spacial score (nSPS) is 15.9. The Balaban J connectivity index is 1.98. The van der Waals surface area contributed by atoms with Crippen molar-refractivity contribution < 1.29 is 19.0 Å². The quantitative estimate of drug-likeness (QED) is 0.615. The second-order valence-electron chi connectivity index (χ2n) is 7.09. The predicted molar refractivity (Wildman–Crippen MR) is 123 cm³/mol. The summed E-state index contributed by atoms with van der Waals surface area (Å²) in [5.74, 6) is 0.599. The third-order valence-corrected chi connectivity index (χ3v) is 5.73. The van der Waals surface area contributed by atoms with Gasteiger partial charge in [-0.05, 0) is 44.4 Å². The molecule has 0 bridgehead atoms. The summed E-state index contributed by atoms with van der Waals surface area (Å²) in [5, 5.41) is 5.84. The Bertz CT molecular complexity index is 954. The van der Waals surface area contributed by atoms with E-state index in [0.29, 0.717) is 31.3 Å². The van der Waals surface area contributed by atoms with E-state index in [2.05, 4.69) is 5.32 Å². The Kier molecular flexibility index (Phi) is 7.90. The second-order valence-corrected chi connectivity index (χ2v) is 8.03. The summed E-state index contributed by atoms with van der Waals surface area (Å²) in [6.07, 6.45) is 3.90. The highest BCUT2D eigenvalue weighted by Gasteiger charge is 2.26. The van der Waals surface area contributed by atoms with Gasteiger partial charge >= 0.3 is 0 Å². The predicted octanol–water partition coefficient (Wildman–Crippen LogP) is 4.86. The summed E-state index contributed by atoms with van der Waals surface area (Å²) in [6, 6.07) is 7.64. The number of nitrogens with zero attached hydrogens (tertiary/aromatic N) is 1. The molecular formula is C23H28N2O4S. The van der Waals surface area contributed by atoms with E-state index in [0.717, 1.165) is 21.5 Å². The number of allylic oxidation sites excluding steroid dienone is 2. The van der Waals surface area contributed by atoms with E-state index in [-0.39, 0.29) is 17.9 Å². The van der Waals surface area contributed by atoms with Gasteiger partial charge in [-0.3, -0.25) is 4.79 Å². The van der Waals surface area contributed by atoms with Crippen LogP contribution in [0, 0.1) is 5.92 Å². The highest BCUT2D eigenvalue weighted by molar-refractivity contribution is 8.10. The second kappa shape index (κ2) is 10.6. The highest BCUT2D eigenvalue weighted by atomic mass is 32.2. The molecule has 0 radical (unpaired) electrons. The number of methoxy groups -OCH3 is 1. The molecule has 1 aliphatic heterocycles. The van der Waals surface area contributed by atoms with Crippen molar-refractivity contribution in [3.63, 3.8) is 0 Å². The molecule has 0 spiro atoms. The molecule has 0 saturated carbocycles. The van der Waals surface area contributed by atoms with Crippen LogP contribution in [0.4, 0.5) is 5.69 Å². The molecular weight excluding hydrogens is 400 g/mol. The monoisotopic (exact) mass is 428 g/mol. The number of hydrogen-bond acceptors (Lipinski definition) is 6. The first-order valence-electron chi connectivity index (χ1n) is 9.99. The van der Waals surface area contributed by atoms with E-state index < -0.39 is 0 Å². The van der Waals surface area contributed by atoms with Gasteiger partial charge in [-0.25, -0.2) is 4.98 Å². The molecule has 1 aromatic carbocycles. The first-order chi connectivity index (χ1) is 14.5. The lowest BCUT2D eigenvalue weighted by molar-refractivity contribution is -0.133. The molecule has 0 aliphatic carbocycles. The van der Waals surface area contributed by atoms with E-state index >= 15 is 0 Å². The van der Waals surface area contributed by atoms with Crippen LogP contribution in [0.15, 0.2) is 41.8 Å². The number of aromatic nitrogens is 1. The van der Waals surface area contributed by atoms with Crippen molar-refractivity contribution in [2.75, 3.05) is 32.2 Å². The Morgan fingerprint density at radius 2 is 2.17 bits per heavy atom. The summed E-state index contributed by atoms with van der Waals surface area (Å²) in [7, 11) is 1.65. The van der Waals surface area contributed by atoms with Gasteiger partial charge in [0.15, 0.2) is 0 Å². The summed E-state index contributed by atoms with van der Waals surface area (Å²) < 4.78 is 16.5. The fraction of sp³-hybridized carbons (Fsp3) is 0.391. The van der Waals surface area contributed by atoms with Gasteiger partial charge in [-0.1, -0.05) is 23.9 Å². The summed E-state index contributed by atoms with van der Waals surface area (Å²) >= 11 is 1.61. The zero-order valence-corrected chi connectivity index (χ0v) is 18.6. The van der Waals surface area contributed by atoms with Crippen molar-refractivity contribution >= 4 is 39.2 Å². The smallest absolute Gasteiger partial charge is 0.232 e. The number of thioether (sulfide) groups is 1. The molecule has 1 amide bonds. The van der Waals surface area contributed by atoms with Crippen molar-refractivity contribution in [1.82, 2.24) is 4.98 Å². The van der Waals surface area contributed by atoms with Gasteiger partial charge in [0.2, 0.25) is 5.91 Å². The molecule has 6 nitrogen and oxygen atoms in total. The number of rotatable bonds is 9. The van der Waals surface area contributed by atoms with E-state index in [4.69, 9.17) is 19.2 Å². The van der Waals surface area contributed by atoms with Gasteiger partial charge < -0.3 is 19.5 Å². The maximum Gasteiger partial charge on any atom is 0.232 e. The minimum atomic E-state index is -0.129. The van der Waals surface area contributed by atoms with Crippen LogP contribution in [0.5, 0.6) is 5.75 Å². The van der Waals surface area contributed by atoms with Gasteiger partial charge in [0, 0.05) is 29.2 Å². The fourth-order valence-electron chi connectivity index (χ4n) is 3.03. The number of ether oxygens (including phenoxy) is 3. The topological polar surface area (TPSA) is 69.7 Å². The molecule has 1 fully saturated rings. The van der Waals surface area contributed by atoms with E-state index in [1.165, 1.54) is 0 Å². The molecule has 2 aromatic rings. The molecule has 30 heavy (non-hydrogen) atoms. The standard InChI is InChI=1S/C23H28N2O4S/c1-5-9-30-22(6-2)20-11-21(29-15(3)12-27-4)18-10-17(7-8-19(18)25-20)24-23(26)16-13-28-14-16/h5-11,15-16H,12-14H2,1-4H3,(H,24,26)/b9-5-,22-6-. The number of fused-ring (bicyclic) bond motifs is 1. The molecule has 160 valence electrons. The van der Waals surface area contributed by atoms with E-state index in [1.54, 1.807) is 18.9 Å². The Labute approximate surface area is 181 Å². The molecule has 1 aromatic heterocycles. The largest absolute Gasteiger partial charge is 0.488 e. The average Bonchev–Trinajstić information content (AvgIpc) is 2.67. The zero-order valence-electron chi connectivity index (χ0n) is 17.8. The van der Waals surface area contributed by atoms with Gasteiger partial charge in [-0.15, -0.1) is 0 Å². The molecule has 3 rings (SSSR count). The first kappa shape index (κ1) is 22.3. The third-order valence-electron chi connectivity index (χ3n) is 4.62. The van der Waals surface area contributed by atoms with Gasteiger partial charge in [0.1, 0.15) is 11.9 Å². The maximum atomic E-state index is 12.3. The van der Waals surface area contributed by atoms with Crippen LogP contribution in [0.1, 0.15) is 26.5 Å². The molecule has 2 heterocycles. The molecule has 1 aliphatic rings. The lowest BCUT2D eigenvalue weighted by atomic mass is 10.1. The van der Waals surface area contributed by atoms with Crippen LogP contribution in [-0.2, 0) is 14.3 Å². The number of anilines is 1. The number of amides is 1. The van der Waals surface area contributed by atoms with E-state index in [9.17, 15) is 4.79 Å². The number of hydrogen-bond donors (Lipinski definition) is 1. The summed E-state index contributed by atoms with van der Waals surface area (Å²) in [4.78, 5) is 18.2. The van der Waals surface area contributed by atoms with Crippen LogP contribution in [-0.4, -0.2) is 43.9 Å². The molecule has 1 atom stereocenters.